The molecule has 0 bridgehead atoms. The van der Waals surface area contributed by atoms with Gasteiger partial charge >= 0.3 is 0 Å². The summed E-state index contributed by atoms with van der Waals surface area (Å²) in [5, 5.41) is 18.8. The van der Waals surface area contributed by atoms with Crippen LogP contribution in [0.2, 0.25) is 0 Å². The van der Waals surface area contributed by atoms with Gasteiger partial charge in [-0.3, -0.25) is 14.9 Å². The molecular weight excluding hydrogens is 328 g/mol. The zero-order valence-electron chi connectivity index (χ0n) is 14.7. The molecule has 0 amide bonds. The Kier molecular flexibility index (Phi) is 14.5. The minimum absolute atomic E-state index is 0.0894. The number of hydrogen-bond acceptors (Lipinski definition) is 7. The number of non-ortho nitro benzene ring substituents is 1. The van der Waals surface area contributed by atoms with Crippen LogP contribution >= 0.6 is 0 Å². The number of rotatable bonds is 12. The first kappa shape index (κ1) is 23.1. The van der Waals surface area contributed by atoms with Crippen molar-refractivity contribution in [2.24, 2.45) is 5.73 Å². The normalized spacial score (nSPS) is 10.0. The van der Waals surface area contributed by atoms with Crippen LogP contribution in [0.4, 0.5) is 5.69 Å². The molecule has 1 rings (SSSR count). The molecule has 0 aliphatic rings. The van der Waals surface area contributed by atoms with Gasteiger partial charge in [-0.15, -0.1) is 0 Å². The smallest absolute Gasteiger partial charge is 0.270 e. The number of nitro groups is 1. The number of nitro benzene ring substituents is 1. The number of carbonyl (C=O) groups is 1. The van der Waals surface area contributed by atoms with E-state index in [0.717, 1.165) is 38.6 Å². The van der Waals surface area contributed by atoms with Crippen LogP contribution in [0.1, 0.15) is 54.9 Å². The minimum atomic E-state index is -0.550. The molecule has 0 saturated carbocycles. The van der Waals surface area contributed by atoms with Crippen molar-refractivity contribution in [3.63, 3.8) is 0 Å². The third kappa shape index (κ3) is 11.3. The largest absolute Gasteiger partial charge is 0.396 e. The highest BCUT2D eigenvalue weighted by atomic mass is 17.2. The first-order valence-corrected chi connectivity index (χ1v) is 8.38. The summed E-state index contributed by atoms with van der Waals surface area (Å²) in [4.78, 5) is 30.4. The fourth-order valence-corrected chi connectivity index (χ4v) is 1.79. The topological polar surface area (TPSA) is 125 Å². The number of hydrogen-bond donors (Lipinski definition) is 2. The average Bonchev–Trinajstić information content (AvgIpc) is 2.63. The van der Waals surface area contributed by atoms with Gasteiger partial charge < -0.3 is 10.8 Å². The number of aliphatic hydroxyl groups is 1. The molecule has 0 radical (unpaired) electrons. The van der Waals surface area contributed by atoms with Crippen LogP contribution in [0.3, 0.4) is 0 Å². The van der Waals surface area contributed by atoms with Gasteiger partial charge in [-0.1, -0.05) is 19.8 Å². The monoisotopic (exact) mass is 356 g/mol. The Balaban J connectivity index is 0.000000609. The maximum absolute atomic E-state index is 10.8. The van der Waals surface area contributed by atoms with Crippen LogP contribution < -0.4 is 5.73 Å². The number of nitrogens with two attached hydrogens (primary N) is 1. The molecule has 0 aliphatic carbocycles. The molecule has 8 nitrogen and oxygen atoms in total. The molecule has 25 heavy (non-hydrogen) atoms. The van der Waals surface area contributed by atoms with Crippen LogP contribution in [-0.4, -0.2) is 36.1 Å². The van der Waals surface area contributed by atoms with Crippen molar-refractivity contribution in [3.05, 3.63) is 39.4 Å². The van der Waals surface area contributed by atoms with Crippen molar-refractivity contribution >= 4 is 12.0 Å². The summed E-state index contributed by atoms with van der Waals surface area (Å²) in [5.41, 5.74) is 5.92. The van der Waals surface area contributed by atoms with Gasteiger partial charge in [0.25, 0.3) is 5.69 Å². The molecule has 8 heteroatoms. The lowest BCUT2D eigenvalue weighted by Crippen LogP contribution is -2.00. The molecule has 0 atom stereocenters. The third-order valence-corrected chi connectivity index (χ3v) is 3.16. The van der Waals surface area contributed by atoms with E-state index in [1.54, 1.807) is 0 Å². The summed E-state index contributed by atoms with van der Waals surface area (Å²) in [6.07, 6.45) is 5.69. The zero-order valence-corrected chi connectivity index (χ0v) is 14.7. The van der Waals surface area contributed by atoms with Crippen molar-refractivity contribution in [2.75, 3.05) is 19.8 Å². The summed E-state index contributed by atoms with van der Waals surface area (Å²) >= 11 is 0. The SMILES string of the molecule is CCCOOCc1ccc([N+](=O)[O-])cc1C=O.NCCCCCCO. The third-order valence-electron chi connectivity index (χ3n) is 3.16. The predicted molar refractivity (Wildman–Crippen MR) is 94.1 cm³/mol. The Bertz CT molecular complexity index is 490. The van der Waals surface area contributed by atoms with Crippen LogP contribution in [0.25, 0.3) is 0 Å². The van der Waals surface area contributed by atoms with Crippen molar-refractivity contribution in [1.82, 2.24) is 0 Å². The molecule has 0 aliphatic heterocycles. The maximum Gasteiger partial charge on any atom is 0.270 e. The molecule has 0 spiro atoms. The zero-order chi connectivity index (χ0) is 18.9. The Morgan fingerprint density at radius 2 is 1.96 bits per heavy atom. The molecule has 3 N–H and O–H groups in total. The van der Waals surface area contributed by atoms with E-state index in [4.69, 9.17) is 20.6 Å². The minimum Gasteiger partial charge on any atom is -0.396 e. The molecule has 1 aromatic carbocycles. The number of unbranched alkanes of at least 4 members (excludes halogenated alkanes) is 3. The van der Waals surface area contributed by atoms with E-state index < -0.39 is 4.92 Å². The van der Waals surface area contributed by atoms with Crippen LogP contribution in [-0.2, 0) is 16.4 Å². The van der Waals surface area contributed by atoms with Crippen LogP contribution in [0, 0.1) is 10.1 Å². The second-order valence-electron chi connectivity index (χ2n) is 5.27. The van der Waals surface area contributed by atoms with Gasteiger partial charge in [0, 0.05) is 24.3 Å². The summed E-state index contributed by atoms with van der Waals surface area (Å²) in [7, 11) is 0. The number of carbonyl (C=O) groups excluding carboxylic acids is 1. The fourth-order valence-electron chi connectivity index (χ4n) is 1.79. The first-order valence-electron chi connectivity index (χ1n) is 8.38. The Morgan fingerprint density at radius 3 is 2.52 bits per heavy atom. The molecule has 0 unspecified atom stereocenters. The lowest BCUT2D eigenvalue weighted by atomic mass is 10.1. The summed E-state index contributed by atoms with van der Waals surface area (Å²) in [5.74, 6) is 0. The van der Waals surface area contributed by atoms with Crippen molar-refractivity contribution < 1.29 is 24.6 Å². The Morgan fingerprint density at radius 1 is 1.24 bits per heavy atom. The molecule has 0 saturated heterocycles. The summed E-state index contributed by atoms with van der Waals surface area (Å²) < 4.78 is 0. The Labute approximate surface area is 148 Å². The Hall–Kier alpha value is -1.87. The van der Waals surface area contributed by atoms with Crippen molar-refractivity contribution in [2.45, 2.75) is 45.6 Å². The highest BCUT2D eigenvalue weighted by Gasteiger charge is 2.10. The summed E-state index contributed by atoms with van der Waals surface area (Å²) in [6, 6.07) is 4.02. The number of nitrogens with zero attached hydrogens (tertiary/aromatic N) is 1. The van der Waals surface area contributed by atoms with Crippen LogP contribution in [0.5, 0.6) is 0 Å². The van der Waals surface area contributed by atoms with Gasteiger partial charge in [0.15, 0.2) is 6.29 Å². The fraction of sp³-hybridized carbons (Fsp3) is 0.588. The number of aliphatic hydroxyl groups excluding tert-OH is 1. The van der Waals surface area contributed by atoms with E-state index in [2.05, 4.69) is 0 Å². The highest BCUT2D eigenvalue weighted by Crippen LogP contribution is 2.17. The van der Waals surface area contributed by atoms with E-state index in [1.807, 2.05) is 6.92 Å². The van der Waals surface area contributed by atoms with E-state index in [1.165, 1.54) is 18.2 Å². The predicted octanol–water partition coefficient (Wildman–Crippen LogP) is 2.76. The molecule has 142 valence electrons. The second-order valence-corrected chi connectivity index (χ2v) is 5.27. The molecular formula is C17H28N2O6. The van der Waals surface area contributed by atoms with E-state index >= 15 is 0 Å². The van der Waals surface area contributed by atoms with Gasteiger partial charge in [-0.2, -0.15) is 0 Å². The van der Waals surface area contributed by atoms with Crippen LogP contribution in [0.15, 0.2) is 18.2 Å². The highest BCUT2D eigenvalue weighted by molar-refractivity contribution is 5.78. The number of aldehydes is 1. The van der Waals surface area contributed by atoms with Crippen molar-refractivity contribution in [1.29, 1.82) is 0 Å². The molecule has 1 aromatic rings. The standard InChI is InChI=1S/C11H13NO5.C6H15NO/c1-2-5-16-17-8-9-3-4-11(12(14)15)6-10(9)7-13;7-5-3-1-2-4-6-8/h3-4,6-7H,2,5,8H2,1H3;8H,1-7H2. The lowest BCUT2D eigenvalue weighted by Gasteiger charge is -2.05. The molecule has 0 heterocycles. The molecule has 0 fully saturated rings. The van der Waals surface area contributed by atoms with E-state index in [0.29, 0.717) is 25.1 Å². The quantitative estimate of drug-likeness (QED) is 0.194. The van der Waals surface area contributed by atoms with Gasteiger partial charge in [0.05, 0.1) is 11.5 Å². The second kappa shape index (κ2) is 15.6. The van der Waals surface area contributed by atoms with Crippen molar-refractivity contribution in [3.8, 4) is 0 Å². The van der Waals surface area contributed by atoms with E-state index in [9.17, 15) is 14.9 Å². The summed E-state index contributed by atoms with van der Waals surface area (Å²) in [6.45, 7) is 3.59. The maximum atomic E-state index is 10.8. The van der Waals surface area contributed by atoms with E-state index in [-0.39, 0.29) is 17.9 Å². The van der Waals surface area contributed by atoms with Gasteiger partial charge in [-0.05, 0) is 37.4 Å². The first-order chi connectivity index (χ1) is 12.1. The van der Waals surface area contributed by atoms with Gasteiger partial charge in [-0.25, -0.2) is 9.78 Å². The van der Waals surface area contributed by atoms with Gasteiger partial charge in [0.2, 0.25) is 0 Å². The lowest BCUT2D eigenvalue weighted by molar-refractivity contribution is -0.384. The molecule has 0 aromatic heterocycles. The van der Waals surface area contributed by atoms with Gasteiger partial charge in [0.1, 0.15) is 6.61 Å². The number of benzene rings is 1. The average molecular weight is 356 g/mol.